The van der Waals surface area contributed by atoms with E-state index in [0.717, 1.165) is 11.1 Å². The molecule has 1 atom stereocenters. The summed E-state index contributed by atoms with van der Waals surface area (Å²) in [6.45, 7) is 3.61. The molecule has 0 radical (unpaired) electrons. The van der Waals surface area contributed by atoms with Gasteiger partial charge in [0.05, 0.1) is 0 Å². The first-order valence-electron chi connectivity index (χ1n) is 5.80. The van der Waals surface area contributed by atoms with Gasteiger partial charge in [-0.2, -0.15) is 0 Å². The average Bonchev–Trinajstić information content (AvgIpc) is 2.26. The normalized spacial score (nSPS) is 12.5. The molecule has 100 valence electrons. The van der Waals surface area contributed by atoms with Gasteiger partial charge < -0.3 is 5.11 Å². The lowest BCUT2D eigenvalue weighted by atomic mass is 9.95. The summed E-state index contributed by atoms with van der Waals surface area (Å²) in [4.78, 5) is 0. The van der Waals surface area contributed by atoms with Gasteiger partial charge >= 0.3 is 0 Å². The van der Waals surface area contributed by atoms with Crippen molar-refractivity contribution < 1.29 is 9.50 Å². The summed E-state index contributed by atoms with van der Waals surface area (Å²) in [6.07, 6.45) is -1.02. The van der Waals surface area contributed by atoms with Gasteiger partial charge in [-0.15, -0.1) is 0 Å². The van der Waals surface area contributed by atoms with Gasteiger partial charge in [-0.1, -0.05) is 39.7 Å². The molecule has 1 nitrogen and oxygen atoms in total. The lowest BCUT2D eigenvalue weighted by Gasteiger charge is -2.17. The topological polar surface area (TPSA) is 20.2 Å². The largest absolute Gasteiger partial charge is 0.383 e. The summed E-state index contributed by atoms with van der Waals surface area (Å²) in [5.41, 5.74) is 2.46. The van der Waals surface area contributed by atoms with Crippen molar-refractivity contribution in [3.8, 4) is 0 Å². The van der Waals surface area contributed by atoms with Crippen LogP contribution in [0.3, 0.4) is 0 Å². The smallest absolute Gasteiger partial charge is 0.129 e. The molecule has 0 saturated carbocycles. The summed E-state index contributed by atoms with van der Waals surface area (Å²) in [5.74, 6) is -0.396. The van der Waals surface area contributed by atoms with Gasteiger partial charge in [0.15, 0.2) is 0 Å². The molecule has 0 spiro atoms. The second-order valence-electron chi connectivity index (χ2n) is 4.55. The Kier molecular flexibility index (Phi) is 4.29. The maximum absolute atomic E-state index is 14.1. The predicted octanol–water partition coefficient (Wildman–Crippen LogP) is 4.94. The maximum Gasteiger partial charge on any atom is 0.129 e. The molecule has 0 fully saturated rings. The Balaban J connectivity index is 2.53. The molecular formula is C15H13BrClFO. The molecule has 2 rings (SSSR count). The first kappa shape index (κ1) is 14.5. The molecule has 0 saturated heterocycles. The number of rotatable bonds is 2. The lowest BCUT2D eigenvalue weighted by Crippen LogP contribution is -2.06. The SMILES string of the molecule is Cc1cc(C)c(C(O)c2ccc(Cl)cc2Br)c(F)c1. The summed E-state index contributed by atoms with van der Waals surface area (Å²) >= 11 is 9.21. The highest BCUT2D eigenvalue weighted by Gasteiger charge is 2.20. The van der Waals surface area contributed by atoms with E-state index in [2.05, 4.69) is 15.9 Å². The van der Waals surface area contributed by atoms with Gasteiger partial charge in [-0.05, 0) is 48.7 Å². The van der Waals surface area contributed by atoms with E-state index in [-0.39, 0.29) is 0 Å². The molecule has 2 aromatic rings. The molecule has 0 heterocycles. The summed E-state index contributed by atoms with van der Waals surface area (Å²) in [6, 6.07) is 8.32. The number of hydrogen-bond acceptors (Lipinski definition) is 1. The zero-order chi connectivity index (χ0) is 14.2. The predicted molar refractivity (Wildman–Crippen MR) is 79.1 cm³/mol. The van der Waals surface area contributed by atoms with Gasteiger partial charge in [0.2, 0.25) is 0 Å². The fourth-order valence-electron chi connectivity index (χ4n) is 2.15. The van der Waals surface area contributed by atoms with Gasteiger partial charge in [-0.3, -0.25) is 0 Å². The van der Waals surface area contributed by atoms with E-state index in [0.29, 0.717) is 20.6 Å². The molecule has 0 aliphatic heterocycles. The van der Waals surface area contributed by atoms with Crippen molar-refractivity contribution in [2.75, 3.05) is 0 Å². The second-order valence-corrected chi connectivity index (χ2v) is 5.84. The molecule has 1 unspecified atom stereocenters. The summed E-state index contributed by atoms with van der Waals surface area (Å²) in [7, 11) is 0. The van der Waals surface area contributed by atoms with Crippen molar-refractivity contribution in [1.82, 2.24) is 0 Å². The van der Waals surface area contributed by atoms with E-state index in [4.69, 9.17) is 11.6 Å². The molecule has 1 N–H and O–H groups in total. The molecule has 4 heteroatoms. The van der Waals surface area contributed by atoms with Crippen LogP contribution in [0.4, 0.5) is 4.39 Å². The Labute approximate surface area is 125 Å². The van der Waals surface area contributed by atoms with Crippen LogP contribution in [-0.4, -0.2) is 5.11 Å². The third kappa shape index (κ3) is 2.99. The van der Waals surface area contributed by atoms with Crippen molar-refractivity contribution in [2.24, 2.45) is 0 Å². The minimum Gasteiger partial charge on any atom is -0.383 e. The van der Waals surface area contributed by atoms with Crippen molar-refractivity contribution in [1.29, 1.82) is 0 Å². The Morgan fingerprint density at radius 3 is 2.47 bits per heavy atom. The number of aliphatic hydroxyl groups excluding tert-OH is 1. The van der Waals surface area contributed by atoms with Crippen molar-refractivity contribution in [3.05, 3.63) is 67.9 Å². The van der Waals surface area contributed by atoms with Crippen LogP contribution in [0.2, 0.25) is 5.02 Å². The van der Waals surface area contributed by atoms with Crippen LogP contribution in [-0.2, 0) is 0 Å². The van der Waals surface area contributed by atoms with Crippen LogP contribution < -0.4 is 0 Å². The van der Waals surface area contributed by atoms with E-state index < -0.39 is 11.9 Å². The number of aryl methyl sites for hydroxylation is 2. The third-order valence-electron chi connectivity index (χ3n) is 3.01. The Morgan fingerprint density at radius 2 is 1.89 bits per heavy atom. The first-order chi connectivity index (χ1) is 8.90. The van der Waals surface area contributed by atoms with Crippen LogP contribution in [0.1, 0.15) is 28.4 Å². The van der Waals surface area contributed by atoms with E-state index in [1.54, 1.807) is 25.1 Å². The molecule has 0 aromatic heterocycles. The van der Waals surface area contributed by atoms with Crippen molar-refractivity contribution >= 4 is 27.5 Å². The maximum atomic E-state index is 14.1. The van der Waals surface area contributed by atoms with Crippen LogP contribution >= 0.6 is 27.5 Å². The minimum atomic E-state index is -1.02. The van der Waals surface area contributed by atoms with Gasteiger partial charge in [0.1, 0.15) is 11.9 Å². The molecule has 0 bridgehead atoms. The fourth-order valence-corrected chi connectivity index (χ4v) is 3.05. The minimum absolute atomic E-state index is 0.300. The highest BCUT2D eigenvalue weighted by molar-refractivity contribution is 9.10. The third-order valence-corrected chi connectivity index (χ3v) is 3.93. The van der Waals surface area contributed by atoms with Gasteiger partial charge in [0, 0.05) is 15.1 Å². The van der Waals surface area contributed by atoms with E-state index in [1.165, 1.54) is 6.07 Å². The highest BCUT2D eigenvalue weighted by Crippen LogP contribution is 2.33. The van der Waals surface area contributed by atoms with Gasteiger partial charge in [-0.25, -0.2) is 4.39 Å². The molecule has 19 heavy (non-hydrogen) atoms. The summed E-state index contributed by atoms with van der Waals surface area (Å²) < 4.78 is 14.7. The van der Waals surface area contributed by atoms with E-state index in [9.17, 15) is 9.50 Å². The van der Waals surface area contributed by atoms with Crippen LogP contribution in [0.25, 0.3) is 0 Å². The first-order valence-corrected chi connectivity index (χ1v) is 6.97. The molecular weight excluding hydrogens is 331 g/mol. The van der Waals surface area contributed by atoms with Crippen LogP contribution in [0, 0.1) is 19.7 Å². The molecule has 0 aliphatic carbocycles. The van der Waals surface area contributed by atoms with E-state index in [1.807, 2.05) is 13.0 Å². The quantitative estimate of drug-likeness (QED) is 0.819. The number of halogens is 3. The fraction of sp³-hybridized carbons (Fsp3) is 0.200. The zero-order valence-corrected chi connectivity index (χ0v) is 12.9. The molecule has 2 aromatic carbocycles. The van der Waals surface area contributed by atoms with Crippen molar-refractivity contribution in [2.45, 2.75) is 20.0 Å². The monoisotopic (exact) mass is 342 g/mol. The van der Waals surface area contributed by atoms with Crippen molar-refractivity contribution in [3.63, 3.8) is 0 Å². The second kappa shape index (κ2) is 5.61. The number of aliphatic hydroxyl groups is 1. The number of hydrogen-bond donors (Lipinski definition) is 1. The van der Waals surface area contributed by atoms with Gasteiger partial charge in [0.25, 0.3) is 0 Å². The zero-order valence-electron chi connectivity index (χ0n) is 10.5. The number of benzene rings is 2. The highest BCUT2D eigenvalue weighted by atomic mass is 79.9. The standard InChI is InChI=1S/C15H13BrClFO/c1-8-5-9(2)14(13(18)6-8)15(19)11-4-3-10(17)7-12(11)16/h3-7,15,19H,1-2H3. The lowest BCUT2D eigenvalue weighted by molar-refractivity contribution is 0.213. The van der Waals surface area contributed by atoms with Crippen LogP contribution in [0.5, 0.6) is 0 Å². The molecule has 0 amide bonds. The summed E-state index contributed by atoms with van der Waals surface area (Å²) in [5, 5.41) is 11.0. The molecule has 0 aliphatic rings. The Morgan fingerprint density at radius 1 is 1.21 bits per heavy atom. The Hall–Kier alpha value is -0.900. The average molecular weight is 344 g/mol. The van der Waals surface area contributed by atoms with E-state index >= 15 is 0 Å². The Bertz CT molecular complexity index is 605. The van der Waals surface area contributed by atoms with Crippen LogP contribution in [0.15, 0.2) is 34.8 Å².